The van der Waals surface area contributed by atoms with Gasteiger partial charge in [-0.05, 0) is 18.9 Å². The molecule has 5 nitrogen and oxygen atoms in total. The van der Waals surface area contributed by atoms with Crippen molar-refractivity contribution in [2.24, 2.45) is 5.92 Å². The molecule has 2 aromatic rings. The van der Waals surface area contributed by atoms with Crippen molar-refractivity contribution in [3.05, 3.63) is 32.8 Å². The van der Waals surface area contributed by atoms with E-state index in [0.717, 1.165) is 15.2 Å². The summed E-state index contributed by atoms with van der Waals surface area (Å²) >= 11 is 1.44. The Morgan fingerprint density at radius 1 is 1.47 bits per heavy atom. The van der Waals surface area contributed by atoms with Gasteiger partial charge in [0.15, 0.2) is 0 Å². The van der Waals surface area contributed by atoms with Gasteiger partial charge in [-0.25, -0.2) is 4.98 Å². The fourth-order valence-electron chi connectivity index (χ4n) is 1.92. The minimum Gasteiger partial charge on any atom is -0.393 e. The summed E-state index contributed by atoms with van der Waals surface area (Å²) in [5.74, 6) is 0.0625. The molecule has 1 unspecified atom stereocenters. The number of rotatable bonds is 4. The van der Waals surface area contributed by atoms with Crippen molar-refractivity contribution in [2.75, 3.05) is 0 Å². The zero-order chi connectivity index (χ0) is 14.2. The molecule has 0 spiro atoms. The Morgan fingerprint density at radius 3 is 2.74 bits per heavy atom. The molecule has 2 rings (SSSR count). The van der Waals surface area contributed by atoms with Crippen LogP contribution in [0.2, 0.25) is 0 Å². The molecule has 1 heterocycles. The van der Waals surface area contributed by atoms with Gasteiger partial charge in [0.05, 0.1) is 26.3 Å². The molecule has 0 amide bonds. The molecule has 1 N–H and O–H groups in total. The number of aromatic nitrogens is 1. The summed E-state index contributed by atoms with van der Waals surface area (Å²) < 4.78 is 0.812. The number of nitro groups is 1. The van der Waals surface area contributed by atoms with Crippen LogP contribution < -0.4 is 0 Å². The Hall–Kier alpha value is -1.53. The van der Waals surface area contributed by atoms with Crippen molar-refractivity contribution < 1.29 is 10.0 Å². The summed E-state index contributed by atoms with van der Waals surface area (Å²) in [7, 11) is 0. The average Bonchev–Trinajstić information content (AvgIpc) is 2.66. The van der Waals surface area contributed by atoms with Gasteiger partial charge in [-0.3, -0.25) is 10.1 Å². The lowest BCUT2D eigenvalue weighted by Gasteiger charge is -2.14. The summed E-state index contributed by atoms with van der Waals surface area (Å²) in [6.45, 7) is 5.66. The molecule has 6 heteroatoms. The van der Waals surface area contributed by atoms with E-state index in [1.807, 2.05) is 20.8 Å². The number of thiazole rings is 1. The normalized spacial score (nSPS) is 13.1. The molecule has 0 radical (unpaired) electrons. The molecule has 102 valence electrons. The van der Waals surface area contributed by atoms with E-state index in [0.29, 0.717) is 5.56 Å². The number of fused-ring (bicyclic) bond motifs is 1. The van der Waals surface area contributed by atoms with Crippen LogP contribution in [-0.2, 0) is 6.42 Å². The van der Waals surface area contributed by atoms with Crippen molar-refractivity contribution in [1.82, 2.24) is 4.98 Å². The smallest absolute Gasteiger partial charge is 0.274 e. The third-order valence-electron chi connectivity index (χ3n) is 3.09. The van der Waals surface area contributed by atoms with E-state index in [4.69, 9.17) is 0 Å². The zero-order valence-electron chi connectivity index (χ0n) is 11.1. The van der Waals surface area contributed by atoms with E-state index in [1.165, 1.54) is 11.3 Å². The third-order valence-corrected chi connectivity index (χ3v) is 4.02. The second-order valence-corrected chi connectivity index (χ2v) is 6.19. The molecule has 0 bridgehead atoms. The predicted octanol–water partition coefficient (Wildman–Crippen LogP) is 3.07. The lowest BCUT2D eigenvalue weighted by atomic mass is 9.98. The molecular formula is C13H16N2O3S. The third kappa shape index (κ3) is 2.90. The second kappa shape index (κ2) is 5.22. The topological polar surface area (TPSA) is 76.3 Å². The molecule has 0 fully saturated rings. The first kappa shape index (κ1) is 13.9. The summed E-state index contributed by atoms with van der Waals surface area (Å²) in [5, 5.41) is 21.9. The van der Waals surface area contributed by atoms with Crippen LogP contribution in [0, 0.1) is 23.0 Å². The zero-order valence-corrected chi connectivity index (χ0v) is 11.9. The highest BCUT2D eigenvalue weighted by molar-refractivity contribution is 7.18. The van der Waals surface area contributed by atoms with Crippen LogP contribution >= 0.6 is 11.3 Å². The van der Waals surface area contributed by atoms with Crippen LogP contribution in [0.3, 0.4) is 0 Å². The van der Waals surface area contributed by atoms with E-state index in [1.54, 1.807) is 12.1 Å². The van der Waals surface area contributed by atoms with Gasteiger partial charge < -0.3 is 5.11 Å². The van der Waals surface area contributed by atoms with Crippen LogP contribution in [0.1, 0.15) is 24.4 Å². The van der Waals surface area contributed by atoms with E-state index in [9.17, 15) is 15.2 Å². The fraction of sp³-hybridized carbons (Fsp3) is 0.462. The standard InChI is InChI=1S/C13H16N2O3S/c1-7(2)12(16)5-9-4-10-13(19-8(3)14-10)6-11(9)15(17)18/h4,6-7,12,16H,5H2,1-3H3. The predicted molar refractivity (Wildman–Crippen MR) is 75.6 cm³/mol. The second-order valence-electron chi connectivity index (χ2n) is 4.95. The van der Waals surface area contributed by atoms with Crippen LogP contribution in [0.15, 0.2) is 12.1 Å². The van der Waals surface area contributed by atoms with Crippen molar-refractivity contribution in [2.45, 2.75) is 33.3 Å². The van der Waals surface area contributed by atoms with Gasteiger partial charge in [0.25, 0.3) is 5.69 Å². The minimum atomic E-state index is -0.587. The molecule has 0 saturated carbocycles. The highest BCUT2D eigenvalue weighted by Gasteiger charge is 2.20. The Morgan fingerprint density at radius 2 is 2.16 bits per heavy atom. The maximum Gasteiger partial charge on any atom is 0.274 e. The summed E-state index contributed by atoms with van der Waals surface area (Å²) in [5.41, 5.74) is 1.37. The summed E-state index contributed by atoms with van der Waals surface area (Å²) in [6.07, 6.45) is -0.309. The molecule has 0 aliphatic carbocycles. The quantitative estimate of drug-likeness (QED) is 0.689. The van der Waals surface area contributed by atoms with Crippen LogP contribution in [-0.4, -0.2) is 21.1 Å². The minimum absolute atomic E-state index is 0.0625. The molecule has 1 aromatic heterocycles. The molecule has 0 saturated heterocycles. The average molecular weight is 280 g/mol. The molecule has 0 aliphatic rings. The first-order valence-corrected chi connectivity index (χ1v) is 6.92. The van der Waals surface area contributed by atoms with Gasteiger partial charge in [-0.15, -0.1) is 11.3 Å². The summed E-state index contributed by atoms with van der Waals surface area (Å²) in [4.78, 5) is 15.1. The summed E-state index contributed by atoms with van der Waals surface area (Å²) in [6, 6.07) is 3.28. The largest absolute Gasteiger partial charge is 0.393 e. The Balaban J connectivity index is 2.50. The lowest BCUT2D eigenvalue weighted by molar-refractivity contribution is -0.385. The van der Waals surface area contributed by atoms with Crippen LogP contribution in [0.5, 0.6) is 0 Å². The van der Waals surface area contributed by atoms with Gasteiger partial charge in [-0.2, -0.15) is 0 Å². The number of aliphatic hydroxyl groups is 1. The Kier molecular flexibility index (Phi) is 3.82. The number of nitrogens with zero attached hydrogens (tertiary/aromatic N) is 2. The van der Waals surface area contributed by atoms with Crippen molar-refractivity contribution in [3.63, 3.8) is 0 Å². The van der Waals surface area contributed by atoms with Crippen molar-refractivity contribution >= 4 is 27.2 Å². The van der Waals surface area contributed by atoms with Crippen LogP contribution in [0.25, 0.3) is 10.2 Å². The number of aliphatic hydroxyl groups excluding tert-OH is 1. The molecule has 1 aromatic carbocycles. The van der Waals surface area contributed by atoms with Gasteiger partial charge >= 0.3 is 0 Å². The molecule has 0 aliphatic heterocycles. The number of hydrogen-bond acceptors (Lipinski definition) is 5. The molecule has 1 atom stereocenters. The SMILES string of the molecule is Cc1nc2cc(CC(O)C(C)C)c([N+](=O)[O-])cc2s1. The van der Waals surface area contributed by atoms with Gasteiger partial charge in [-0.1, -0.05) is 13.8 Å². The van der Waals surface area contributed by atoms with Gasteiger partial charge in [0.2, 0.25) is 0 Å². The number of nitro benzene ring substituents is 1. The number of hydrogen-bond donors (Lipinski definition) is 1. The first-order valence-electron chi connectivity index (χ1n) is 6.11. The van der Waals surface area contributed by atoms with E-state index < -0.39 is 11.0 Å². The van der Waals surface area contributed by atoms with E-state index in [2.05, 4.69) is 4.98 Å². The van der Waals surface area contributed by atoms with Crippen molar-refractivity contribution in [3.8, 4) is 0 Å². The monoisotopic (exact) mass is 280 g/mol. The first-order chi connectivity index (χ1) is 8.88. The highest BCUT2D eigenvalue weighted by Crippen LogP contribution is 2.30. The molecule has 19 heavy (non-hydrogen) atoms. The molecular weight excluding hydrogens is 264 g/mol. The maximum absolute atomic E-state index is 11.1. The van der Waals surface area contributed by atoms with Gasteiger partial charge in [0.1, 0.15) is 0 Å². The number of aryl methyl sites for hydroxylation is 1. The Bertz CT molecular complexity index is 622. The lowest BCUT2D eigenvalue weighted by Crippen LogP contribution is -2.18. The fourth-order valence-corrected chi connectivity index (χ4v) is 2.76. The van der Waals surface area contributed by atoms with Crippen LogP contribution in [0.4, 0.5) is 5.69 Å². The Labute approximate surface area is 115 Å². The van der Waals surface area contributed by atoms with Crippen molar-refractivity contribution in [1.29, 1.82) is 0 Å². The highest BCUT2D eigenvalue weighted by atomic mass is 32.1. The van der Waals surface area contributed by atoms with E-state index in [-0.39, 0.29) is 18.0 Å². The van der Waals surface area contributed by atoms with E-state index >= 15 is 0 Å². The number of benzene rings is 1. The maximum atomic E-state index is 11.1. The van der Waals surface area contributed by atoms with Gasteiger partial charge in [0, 0.05) is 18.1 Å².